The van der Waals surface area contributed by atoms with Crippen molar-refractivity contribution in [1.82, 2.24) is 19.7 Å². The third-order valence-corrected chi connectivity index (χ3v) is 4.45. The highest BCUT2D eigenvalue weighted by Gasteiger charge is 2.23. The monoisotopic (exact) mass is 285 g/mol. The van der Waals surface area contributed by atoms with Crippen LogP contribution >= 0.6 is 0 Å². The van der Waals surface area contributed by atoms with Crippen molar-refractivity contribution in [3.63, 3.8) is 0 Å². The molecule has 0 amide bonds. The number of anilines is 1. The molecule has 21 heavy (non-hydrogen) atoms. The molecule has 1 aromatic heterocycles. The third kappa shape index (κ3) is 2.93. The maximum Gasteiger partial charge on any atom is 0.165 e. The molecule has 0 saturated carbocycles. The van der Waals surface area contributed by atoms with Crippen LogP contribution in [0.15, 0.2) is 30.6 Å². The Labute approximate surface area is 126 Å². The van der Waals surface area contributed by atoms with E-state index in [1.165, 1.54) is 12.8 Å². The zero-order valence-corrected chi connectivity index (χ0v) is 13.0. The average molecular weight is 285 g/mol. The topological polar surface area (TPSA) is 46.0 Å². The first-order chi connectivity index (χ1) is 10.1. The predicted molar refractivity (Wildman–Crippen MR) is 85.2 cm³/mol. The molecule has 1 aromatic carbocycles. The van der Waals surface area contributed by atoms with Crippen molar-refractivity contribution in [1.29, 1.82) is 0 Å². The number of para-hydroxylation sites is 1. The second-order valence-corrected chi connectivity index (χ2v) is 6.01. The second kappa shape index (κ2) is 5.85. The van der Waals surface area contributed by atoms with Gasteiger partial charge in [0.15, 0.2) is 5.82 Å². The van der Waals surface area contributed by atoms with Gasteiger partial charge in [-0.1, -0.05) is 12.1 Å². The van der Waals surface area contributed by atoms with E-state index in [9.17, 15) is 0 Å². The molecule has 2 heterocycles. The molecule has 3 rings (SSSR count). The van der Waals surface area contributed by atoms with Crippen molar-refractivity contribution in [3.8, 4) is 11.4 Å². The highest BCUT2D eigenvalue weighted by atomic mass is 15.2. The molecule has 0 radical (unpaired) electrons. The van der Waals surface area contributed by atoms with Crippen LogP contribution in [-0.4, -0.2) is 45.3 Å². The van der Waals surface area contributed by atoms with Crippen LogP contribution in [0.2, 0.25) is 0 Å². The number of benzene rings is 1. The van der Waals surface area contributed by atoms with Crippen LogP contribution in [0.5, 0.6) is 0 Å². The van der Waals surface area contributed by atoms with Crippen LogP contribution < -0.4 is 5.32 Å². The van der Waals surface area contributed by atoms with E-state index in [2.05, 4.69) is 52.6 Å². The number of hydrogen-bond acceptors (Lipinski definition) is 4. The minimum absolute atomic E-state index is 0.519. The molecule has 1 saturated heterocycles. The number of nitrogens with zero attached hydrogens (tertiary/aromatic N) is 4. The quantitative estimate of drug-likeness (QED) is 0.940. The predicted octanol–water partition coefficient (Wildman–Crippen LogP) is 2.38. The van der Waals surface area contributed by atoms with Crippen molar-refractivity contribution in [2.45, 2.75) is 31.8 Å². The van der Waals surface area contributed by atoms with Crippen molar-refractivity contribution in [2.75, 3.05) is 18.9 Å². The summed E-state index contributed by atoms with van der Waals surface area (Å²) in [5, 5.41) is 11.9. The average Bonchev–Trinajstić information content (AvgIpc) is 2.90. The fourth-order valence-corrected chi connectivity index (χ4v) is 2.97. The van der Waals surface area contributed by atoms with Crippen molar-refractivity contribution in [2.24, 2.45) is 7.05 Å². The van der Waals surface area contributed by atoms with Gasteiger partial charge >= 0.3 is 0 Å². The largest absolute Gasteiger partial charge is 0.382 e. The smallest absolute Gasteiger partial charge is 0.165 e. The van der Waals surface area contributed by atoms with Crippen LogP contribution in [0.1, 0.15) is 19.8 Å². The lowest BCUT2D eigenvalue weighted by Gasteiger charge is -2.36. The van der Waals surface area contributed by atoms with Crippen molar-refractivity contribution < 1.29 is 0 Å². The molecule has 1 aliphatic rings. The maximum atomic E-state index is 4.23. The van der Waals surface area contributed by atoms with Gasteiger partial charge in [0.2, 0.25) is 0 Å². The molecule has 1 fully saturated rings. The van der Waals surface area contributed by atoms with E-state index in [4.69, 9.17) is 0 Å². The van der Waals surface area contributed by atoms with Gasteiger partial charge in [-0.05, 0) is 38.9 Å². The minimum Gasteiger partial charge on any atom is -0.382 e. The maximum absolute atomic E-state index is 4.23. The molecule has 1 aliphatic heterocycles. The molecule has 1 N–H and O–H groups in total. The summed E-state index contributed by atoms with van der Waals surface area (Å²) in [6.07, 6.45) is 4.08. The summed E-state index contributed by atoms with van der Waals surface area (Å²) in [5.41, 5.74) is 2.26. The zero-order chi connectivity index (χ0) is 14.8. The number of piperidine rings is 1. The van der Waals surface area contributed by atoms with Crippen LogP contribution in [0, 0.1) is 0 Å². The van der Waals surface area contributed by atoms with E-state index in [1.54, 1.807) is 6.33 Å². The van der Waals surface area contributed by atoms with Gasteiger partial charge < -0.3 is 14.8 Å². The highest BCUT2D eigenvalue weighted by molar-refractivity contribution is 5.73. The van der Waals surface area contributed by atoms with Crippen molar-refractivity contribution >= 4 is 5.69 Å². The standard InChI is InChI=1S/C16H23N5/c1-12-10-13(8-9-20(12)2)18-15-7-5-4-6-14(15)16-19-17-11-21(16)3/h4-7,11-13,18H,8-10H2,1-3H3. The second-order valence-electron chi connectivity index (χ2n) is 6.01. The van der Waals surface area contributed by atoms with E-state index >= 15 is 0 Å². The summed E-state index contributed by atoms with van der Waals surface area (Å²) >= 11 is 0. The third-order valence-electron chi connectivity index (χ3n) is 4.45. The molecular formula is C16H23N5. The van der Waals surface area contributed by atoms with E-state index in [0.29, 0.717) is 12.1 Å². The number of likely N-dealkylation sites (tertiary alicyclic amines) is 1. The molecule has 0 aliphatic carbocycles. The fraction of sp³-hybridized carbons (Fsp3) is 0.500. The van der Waals surface area contributed by atoms with Crippen LogP contribution in [0.25, 0.3) is 11.4 Å². The van der Waals surface area contributed by atoms with E-state index in [0.717, 1.165) is 23.6 Å². The first-order valence-corrected chi connectivity index (χ1v) is 7.55. The Hall–Kier alpha value is -1.88. The zero-order valence-electron chi connectivity index (χ0n) is 13.0. The van der Waals surface area contributed by atoms with Gasteiger partial charge in [0, 0.05) is 36.9 Å². The SMILES string of the molecule is CC1CC(Nc2ccccc2-c2nncn2C)CCN1C. The summed E-state index contributed by atoms with van der Waals surface area (Å²) in [6.45, 7) is 3.44. The summed E-state index contributed by atoms with van der Waals surface area (Å²) in [6, 6.07) is 9.49. The highest BCUT2D eigenvalue weighted by Crippen LogP contribution is 2.28. The number of hydrogen-bond donors (Lipinski definition) is 1. The number of rotatable bonds is 3. The van der Waals surface area contributed by atoms with Crippen LogP contribution in [0.3, 0.4) is 0 Å². The normalized spacial score (nSPS) is 23.2. The Morgan fingerprint density at radius 1 is 1.24 bits per heavy atom. The Kier molecular flexibility index (Phi) is 3.92. The summed E-state index contributed by atoms with van der Waals surface area (Å²) in [7, 11) is 4.18. The lowest BCUT2D eigenvalue weighted by Crippen LogP contribution is -2.42. The number of aryl methyl sites for hydroxylation is 1. The Morgan fingerprint density at radius 2 is 2.05 bits per heavy atom. The Bertz CT molecular complexity index is 606. The van der Waals surface area contributed by atoms with Crippen LogP contribution in [0.4, 0.5) is 5.69 Å². The minimum atomic E-state index is 0.519. The molecule has 0 bridgehead atoms. The number of nitrogens with one attached hydrogen (secondary N) is 1. The Balaban J connectivity index is 1.82. The van der Waals surface area contributed by atoms with Gasteiger partial charge in [0.25, 0.3) is 0 Å². The summed E-state index contributed by atoms with van der Waals surface area (Å²) in [5.74, 6) is 0.902. The molecule has 5 nitrogen and oxygen atoms in total. The summed E-state index contributed by atoms with van der Waals surface area (Å²) < 4.78 is 1.96. The van der Waals surface area contributed by atoms with Gasteiger partial charge in [0.1, 0.15) is 6.33 Å². The molecule has 2 aromatic rings. The lowest BCUT2D eigenvalue weighted by molar-refractivity contribution is 0.190. The molecular weight excluding hydrogens is 262 g/mol. The molecule has 112 valence electrons. The Morgan fingerprint density at radius 3 is 2.76 bits per heavy atom. The molecule has 5 heteroatoms. The molecule has 0 spiro atoms. The number of aromatic nitrogens is 3. The van der Waals surface area contributed by atoms with Crippen molar-refractivity contribution in [3.05, 3.63) is 30.6 Å². The van der Waals surface area contributed by atoms with Gasteiger partial charge in [0.05, 0.1) is 0 Å². The lowest BCUT2D eigenvalue weighted by atomic mass is 9.98. The van der Waals surface area contributed by atoms with E-state index in [1.807, 2.05) is 17.7 Å². The first kappa shape index (κ1) is 14.1. The van der Waals surface area contributed by atoms with Gasteiger partial charge in [-0.25, -0.2) is 0 Å². The van der Waals surface area contributed by atoms with E-state index < -0.39 is 0 Å². The van der Waals surface area contributed by atoms with Gasteiger partial charge in [-0.2, -0.15) is 0 Å². The van der Waals surface area contributed by atoms with Crippen LogP contribution in [-0.2, 0) is 7.05 Å². The molecule has 2 atom stereocenters. The van der Waals surface area contributed by atoms with Gasteiger partial charge in [-0.15, -0.1) is 10.2 Å². The fourth-order valence-electron chi connectivity index (χ4n) is 2.97. The first-order valence-electron chi connectivity index (χ1n) is 7.55. The molecule has 2 unspecified atom stereocenters. The van der Waals surface area contributed by atoms with E-state index in [-0.39, 0.29) is 0 Å². The van der Waals surface area contributed by atoms with Gasteiger partial charge in [-0.3, -0.25) is 0 Å². The summed E-state index contributed by atoms with van der Waals surface area (Å²) in [4.78, 5) is 2.42.